The van der Waals surface area contributed by atoms with Crippen LogP contribution in [0.5, 0.6) is 17.2 Å². The molecule has 3 aromatic rings. The Kier molecular flexibility index (Phi) is 4.30. The summed E-state index contributed by atoms with van der Waals surface area (Å²) in [7, 11) is 0. The van der Waals surface area contributed by atoms with Crippen LogP contribution < -0.4 is 10.3 Å². The van der Waals surface area contributed by atoms with Crippen molar-refractivity contribution in [2.75, 3.05) is 0 Å². The van der Waals surface area contributed by atoms with E-state index >= 15 is 0 Å². The molecule has 5 nitrogen and oxygen atoms in total. The number of aromatic amines is 1. The van der Waals surface area contributed by atoms with Crippen molar-refractivity contribution in [3.63, 3.8) is 0 Å². The van der Waals surface area contributed by atoms with E-state index in [0.717, 1.165) is 11.3 Å². The molecule has 116 valence electrons. The highest BCUT2D eigenvalue weighted by atomic mass is 35.5. The second kappa shape index (κ2) is 6.54. The quantitative estimate of drug-likeness (QED) is 0.768. The zero-order valence-electron chi connectivity index (χ0n) is 12.0. The van der Waals surface area contributed by atoms with Crippen LogP contribution in [0.2, 0.25) is 5.02 Å². The molecule has 3 rings (SSSR count). The molecule has 0 aliphatic rings. The summed E-state index contributed by atoms with van der Waals surface area (Å²) in [6.45, 7) is 0. The third-order valence-corrected chi connectivity index (χ3v) is 3.48. The lowest BCUT2D eigenvalue weighted by molar-refractivity contribution is 0.455. The molecule has 6 heteroatoms. The van der Waals surface area contributed by atoms with E-state index in [-0.39, 0.29) is 11.3 Å². The highest BCUT2D eigenvalue weighted by Gasteiger charge is 2.07. The van der Waals surface area contributed by atoms with Crippen LogP contribution in [0.15, 0.2) is 59.4 Å². The number of ether oxygens (including phenoxy) is 1. The Morgan fingerprint density at radius 1 is 1.13 bits per heavy atom. The standard InChI is InChI=1S/C17H13ClN2O3/c18-15-6-4-11(8-12-5-7-17(22)20-19-12)9-16(15)23-14-3-1-2-13(21)10-14/h1-7,9-10,21H,8H2,(H,20,22). The van der Waals surface area contributed by atoms with Crippen LogP contribution >= 0.6 is 11.6 Å². The Hall–Kier alpha value is -2.79. The Morgan fingerprint density at radius 2 is 2.00 bits per heavy atom. The van der Waals surface area contributed by atoms with Gasteiger partial charge in [0.2, 0.25) is 0 Å². The van der Waals surface area contributed by atoms with Crippen LogP contribution in [0.3, 0.4) is 0 Å². The molecule has 1 aromatic heterocycles. The fourth-order valence-corrected chi connectivity index (χ4v) is 2.25. The first-order chi connectivity index (χ1) is 11.1. The number of halogens is 1. The van der Waals surface area contributed by atoms with Gasteiger partial charge in [-0.15, -0.1) is 0 Å². The summed E-state index contributed by atoms with van der Waals surface area (Å²) in [6, 6.07) is 15.0. The monoisotopic (exact) mass is 328 g/mol. The molecular formula is C17H13ClN2O3. The average molecular weight is 329 g/mol. The van der Waals surface area contributed by atoms with Crippen molar-refractivity contribution in [3.8, 4) is 17.2 Å². The van der Waals surface area contributed by atoms with Crippen molar-refractivity contribution in [3.05, 3.63) is 81.2 Å². The van der Waals surface area contributed by atoms with Crippen LogP contribution in [-0.2, 0) is 6.42 Å². The Bertz CT molecular complexity index is 873. The molecule has 0 saturated carbocycles. The van der Waals surface area contributed by atoms with Crippen LogP contribution in [0.4, 0.5) is 0 Å². The molecular weight excluding hydrogens is 316 g/mol. The summed E-state index contributed by atoms with van der Waals surface area (Å²) in [4.78, 5) is 11.0. The molecule has 0 amide bonds. The zero-order chi connectivity index (χ0) is 16.2. The minimum Gasteiger partial charge on any atom is -0.508 e. The van der Waals surface area contributed by atoms with Gasteiger partial charge in [0.05, 0.1) is 10.7 Å². The zero-order valence-corrected chi connectivity index (χ0v) is 12.7. The van der Waals surface area contributed by atoms with Gasteiger partial charge in [0.1, 0.15) is 17.2 Å². The second-order valence-electron chi connectivity index (χ2n) is 4.95. The van der Waals surface area contributed by atoms with Crippen molar-refractivity contribution in [2.24, 2.45) is 0 Å². The normalized spacial score (nSPS) is 10.5. The molecule has 0 unspecified atom stereocenters. The molecule has 2 N–H and O–H groups in total. The van der Waals surface area contributed by atoms with E-state index in [2.05, 4.69) is 10.2 Å². The maximum atomic E-state index is 11.0. The number of aromatic hydroxyl groups is 1. The van der Waals surface area contributed by atoms with E-state index in [1.54, 1.807) is 36.4 Å². The maximum Gasteiger partial charge on any atom is 0.264 e. The van der Waals surface area contributed by atoms with Gasteiger partial charge in [-0.3, -0.25) is 4.79 Å². The number of hydrogen-bond donors (Lipinski definition) is 2. The van der Waals surface area contributed by atoms with Crippen molar-refractivity contribution in [1.82, 2.24) is 10.2 Å². The smallest absolute Gasteiger partial charge is 0.264 e. The number of hydrogen-bond acceptors (Lipinski definition) is 4. The van der Waals surface area contributed by atoms with Gasteiger partial charge >= 0.3 is 0 Å². The minimum absolute atomic E-state index is 0.118. The first kappa shape index (κ1) is 15.1. The Balaban J connectivity index is 1.84. The van der Waals surface area contributed by atoms with Gasteiger partial charge < -0.3 is 9.84 Å². The number of benzene rings is 2. The van der Waals surface area contributed by atoms with Crippen LogP contribution in [0, 0.1) is 0 Å². The second-order valence-corrected chi connectivity index (χ2v) is 5.36. The van der Waals surface area contributed by atoms with E-state index in [4.69, 9.17) is 16.3 Å². The Labute approximate surface area is 137 Å². The molecule has 1 heterocycles. The number of nitrogens with one attached hydrogen (secondary N) is 1. The fraction of sp³-hybridized carbons (Fsp3) is 0.0588. The van der Waals surface area contributed by atoms with Gasteiger partial charge in [-0.05, 0) is 35.9 Å². The molecule has 23 heavy (non-hydrogen) atoms. The highest BCUT2D eigenvalue weighted by molar-refractivity contribution is 6.32. The SMILES string of the molecule is O=c1ccc(Cc2ccc(Cl)c(Oc3cccc(O)c3)c2)n[nH]1. The largest absolute Gasteiger partial charge is 0.508 e. The van der Waals surface area contributed by atoms with Gasteiger partial charge in [0.15, 0.2) is 0 Å². The summed E-state index contributed by atoms with van der Waals surface area (Å²) >= 11 is 6.16. The maximum absolute atomic E-state index is 11.0. The predicted octanol–water partition coefficient (Wildman–Crippen LogP) is 3.51. The van der Waals surface area contributed by atoms with Gasteiger partial charge in [-0.2, -0.15) is 5.10 Å². The third kappa shape index (κ3) is 3.90. The number of aromatic nitrogens is 2. The summed E-state index contributed by atoms with van der Waals surface area (Å²) in [5, 5.41) is 16.3. The first-order valence-electron chi connectivity index (χ1n) is 6.90. The number of nitrogens with zero attached hydrogens (tertiary/aromatic N) is 1. The fourth-order valence-electron chi connectivity index (χ4n) is 2.09. The summed E-state index contributed by atoms with van der Waals surface area (Å²) < 4.78 is 5.72. The molecule has 0 spiro atoms. The van der Waals surface area contributed by atoms with E-state index in [1.165, 1.54) is 12.1 Å². The average Bonchev–Trinajstić information content (AvgIpc) is 2.53. The van der Waals surface area contributed by atoms with Crippen LogP contribution in [0.25, 0.3) is 0 Å². The summed E-state index contributed by atoms with van der Waals surface area (Å²) in [6.07, 6.45) is 0.532. The lowest BCUT2D eigenvalue weighted by Crippen LogP contribution is -2.07. The first-order valence-corrected chi connectivity index (χ1v) is 7.28. The van der Waals surface area contributed by atoms with Crippen molar-refractivity contribution in [2.45, 2.75) is 6.42 Å². The van der Waals surface area contributed by atoms with Crippen molar-refractivity contribution < 1.29 is 9.84 Å². The van der Waals surface area contributed by atoms with Crippen LogP contribution in [-0.4, -0.2) is 15.3 Å². The molecule has 0 fully saturated rings. The molecule has 2 aromatic carbocycles. The Morgan fingerprint density at radius 3 is 2.74 bits per heavy atom. The van der Waals surface area contributed by atoms with Gasteiger partial charge in [-0.25, -0.2) is 5.10 Å². The number of phenolic OH excluding ortho intramolecular Hbond substituents is 1. The number of phenols is 1. The molecule has 0 aliphatic heterocycles. The van der Waals surface area contributed by atoms with Crippen LogP contribution in [0.1, 0.15) is 11.3 Å². The van der Waals surface area contributed by atoms with E-state index in [9.17, 15) is 9.90 Å². The predicted molar refractivity (Wildman–Crippen MR) is 87.3 cm³/mol. The number of H-pyrrole nitrogens is 1. The van der Waals surface area contributed by atoms with E-state index < -0.39 is 0 Å². The van der Waals surface area contributed by atoms with Gasteiger partial charge in [0.25, 0.3) is 5.56 Å². The minimum atomic E-state index is -0.238. The molecule has 0 radical (unpaired) electrons. The molecule has 0 bridgehead atoms. The summed E-state index contributed by atoms with van der Waals surface area (Å²) in [5.41, 5.74) is 1.43. The highest BCUT2D eigenvalue weighted by Crippen LogP contribution is 2.32. The van der Waals surface area contributed by atoms with Gasteiger partial charge in [-0.1, -0.05) is 23.7 Å². The molecule has 0 saturated heterocycles. The van der Waals surface area contributed by atoms with E-state index in [0.29, 0.717) is 22.9 Å². The van der Waals surface area contributed by atoms with Gasteiger partial charge in [0, 0.05) is 18.6 Å². The van der Waals surface area contributed by atoms with Crippen molar-refractivity contribution >= 4 is 11.6 Å². The summed E-state index contributed by atoms with van der Waals surface area (Å²) in [5.74, 6) is 1.10. The molecule has 0 aliphatic carbocycles. The molecule has 0 atom stereocenters. The number of rotatable bonds is 4. The lowest BCUT2D eigenvalue weighted by Gasteiger charge is -2.10. The third-order valence-electron chi connectivity index (χ3n) is 3.16. The van der Waals surface area contributed by atoms with Crippen molar-refractivity contribution in [1.29, 1.82) is 0 Å². The van der Waals surface area contributed by atoms with E-state index in [1.807, 2.05) is 6.07 Å². The topological polar surface area (TPSA) is 75.2 Å². The lowest BCUT2D eigenvalue weighted by atomic mass is 10.1.